The van der Waals surface area contributed by atoms with E-state index in [4.69, 9.17) is 0 Å². The molecule has 0 atom stereocenters. The van der Waals surface area contributed by atoms with Gasteiger partial charge in [-0.15, -0.1) is 11.3 Å². The van der Waals surface area contributed by atoms with Crippen LogP contribution in [-0.2, 0) is 13.0 Å². The molecule has 4 heteroatoms. The first-order chi connectivity index (χ1) is 7.45. The minimum absolute atomic E-state index is 0.942. The van der Waals surface area contributed by atoms with Gasteiger partial charge in [0.25, 0.3) is 0 Å². The summed E-state index contributed by atoms with van der Waals surface area (Å²) >= 11 is 1.82. The molecule has 0 aromatic carbocycles. The number of hydrogen-bond donors (Lipinski definition) is 1. The Morgan fingerprint density at radius 2 is 2.33 bits per heavy atom. The monoisotopic (exact) mass is 221 g/mol. The number of nitrogens with zero attached hydrogens (tertiary/aromatic N) is 2. The van der Waals surface area contributed by atoms with E-state index < -0.39 is 0 Å². The van der Waals surface area contributed by atoms with E-state index >= 15 is 0 Å². The van der Waals surface area contributed by atoms with Crippen LogP contribution < -0.4 is 5.32 Å². The third-order valence-corrected chi connectivity index (χ3v) is 3.14. The second-order valence-corrected chi connectivity index (χ2v) is 4.38. The maximum Gasteiger partial charge on any atom is 0.0533 e. The number of aromatic nitrogens is 2. The minimum Gasteiger partial charge on any atom is -0.315 e. The number of thiophene rings is 1. The molecule has 80 valence electrons. The Bertz CT molecular complexity index is 317. The molecule has 0 saturated carbocycles. The van der Waals surface area contributed by atoms with Crippen LogP contribution in [0, 0.1) is 0 Å². The third kappa shape index (κ3) is 3.49. The molecule has 1 N–H and O–H groups in total. The fourth-order valence-corrected chi connectivity index (χ4v) is 2.13. The molecule has 2 rings (SSSR count). The van der Waals surface area contributed by atoms with Gasteiger partial charge in [0.05, 0.1) is 6.54 Å². The van der Waals surface area contributed by atoms with Crippen LogP contribution in [0.4, 0.5) is 0 Å². The zero-order valence-corrected chi connectivity index (χ0v) is 9.41. The number of rotatable bonds is 6. The van der Waals surface area contributed by atoms with E-state index in [0.29, 0.717) is 0 Å². The van der Waals surface area contributed by atoms with E-state index in [0.717, 1.165) is 26.1 Å². The maximum absolute atomic E-state index is 4.14. The summed E-state index contributed by atoms with van der Waals surface area (Å²) in [4.78, 5) is 1.45. The van der Waals surface area contributed by atoms with Gasteiger partial charge in [0.15, 0.2) is 0 Å². The predicted molar refractivity (Wildman–Crippen MR) is 63.1 cm³/mol. The average Bonchev–Trinajstić information content (AvgIpc) is 2.88. The highest BCUT2D eigenvalue weighted by atomic mass is 32.1. The molecule has 15 heavy (non-hydrogen) atoms. The van der Waals surface area contributed by atoms with Gasteiger partial charge in [0.1, 0.15) is 0 Å². The quantitative estimate of drug-likeness (QED) is 0.754. The van der Waals surface area contributed by atoms with Crippen molar-refractivity contribution >= 4 is 11.3 Å². The summed E-state index contributed by atoms with van der Waals surface area (Å²) < 4.78 is 1.94. The molecule has 0 amide bonds. The van der Waals surface area contributed by atoms with Crippen molar-refractivity contribution in [2.75, 3.05) is 13.1 Å². The Morgan fingerprint density at radius 3 is 3.07 bits per heavy atom. The van der Waals surface area contributed by atoms with Gasteiger partial charge >= 0.3 is 0 Å². The molecular formula is C11H15N3S. The van der Waals surface area contributed by atoms with E-state index in [1.165, 1.54) is 4.88 Å². The van der Waals surface area contributed by atoms with Crippen molar-refractivity contribution in [2.45, 2.75) is 13.0 Å². The summed E-state index contributed by atoms with van der Waals surface area (Å²) in [5, 5.41) is 9.67. The van der Waals surface area contributed by atoms with Crippen molar-refractivity contribution in [1.82, 2.24) is 15.1 Å². The highest BCUT2D eigenvalue weighted by molar-refractivity contribution is 7.09. The van der Waals surface area contributed by atoms with Crippen molar-refractivity contribution < 1.29 is 0 Å². The first kappa shape index (κ1) is 10.4. The summed E-state index contributed by atoms with van der Waals surface area (Å²) in [6.07, 6.45) is 4.92. The lowest BCUT2D eigenvalue weighted by molar-refractivity contribution is 0.557. The first-order valence-electron chi connectivity index (χ1n) is 5.16. The van der Waals surface area contributed by atoms with Crippen molar-refractivity contribution in [2.24, 2.45) is 0 Å². The lowest BCUT2D eigenvalue weighted by Gasteiger charge is -2.03. The molecule has 0 aliphatic heterocycles. The maximum atomic E-state index is 4.14. The van der Waals surface area contributed by atoms with Crippen LogP contribution in [0.5, 0.6) is 0 Å². The smallest absolute Gasteiger partial charge is 0.0533 e. The summed E-state index contributed by atoms with van der Waals surface area (Å²) in [6.45, 7) is 2.96. The lowest BCUT2D eigenvalue weighted by atomic mass is 10.3. The molecule has 0 fully saturated rings. The summed E-state index contributed by atoms with van der Waals surface area (Å²) in [6, 6.07) is 6.23. The van der Waals surface area contributed by atoms with Gasteiger partial charge in [-0.1, -0.05) is 6.07 Å². The highest BCUT2D eigenvalue weighted by Crippen LogP contribution is 2.07. The van der Waals surface area contributed by atoms with E-state index in [9.17, 15) is 0 Å². The van der Waals surface area contributed by atoms with E-state index in [-0.39, 0.29) is 0 Å². The standard InChI is InChI=1S/C11H15N3S/c1-3-11(15-10-1)4-6-12-7-9-14-8-2-5-13-14/h1-3,5,8,10,12H,4,6-7,9H2. The van der Waals surface area contributed by atoms with Crippen molar-refractivity contribution in [1.29, 1.82) is 0 Å². The Hall–Kier alpha value is -1.13. The Balaban J connectivity index is 1.56. The topological polar surface area (TPSA) is 29.9 Å². The largest absolute Gasteiger partial charge is 0.315 e. The van der Waals surface area contributed by atoms with Crippen LogP contribution in [0.3, 0.4) is 0 Å². The molecule has 0 bridgehead atoms. The van der Waals surface area contributed by atoms with Gasteiger partial charge in [-0.2, -0.15) is 5.10 Å². The normalized spacial score (nSPS) is 10.7. The minimum atomic E-state index is 0.942. The summed E-state index contributed by atoms with van der Waals surface area (Å²) in [7, 11) is 0. The Morgan fingerprint density at radius 1 is 1.33 bits per heavy atom. The highest BCUT2D eigenvalue weighted by Gasteiger charge is 1.93. The second-order valence-electron chi connectivity index (χ2n) is 3.35. The van der Waals surface area contributed by atoms with Gasteiger partial charge in [0.2, 0.25) is 0 Å². The molecule has 0 unspecified atom stereocenters. The Labute approximate surface area is 93.7 Å². The van der Waals surface area contributed by atoms with Crippen molar-refractivity contribution in [3.63, 3.8) is 0 Å². The average molecular weight is 221 g/mol. The molecule has 2 heterocycles. The third-order valence-electron chi connectivity index (χ3n) is 2.21. The fraction of sp³-hybridized carbons (Fsp3) is 0.364. The predicted octanol–water partition coefficient (Wildman–Crippen LogP) is 1.78. The lowest BCUT2D eigenvalue weighted by Crippen LogP contribution is -2.22. The van der Waals surface area contributed by atoms with E-state index in [1.807, 2.05) is 34.5 Å². The molecule has 0 saturated heterocycles. The summed E-state index contributed by atoms with van der Waals surface area (Å²) in [5.74, 6) is 0. The molecule has 0 aliphatic rings. The van der Waals surface area contributed by atoms with E-state index in [2.05, 4.69) is 27.9 Å². The van der Waals surface area contributed by atoms with Crippen LogP contribution in [0.15, 0.2) is 36.0 Å². The zero-order valence-electron chi connectivity index (χ0n) is 8.60. The van der Waals surface area contributed by atoms with Gasteiger partial charge in [-0.3, -0.25) is 4.68 Å². The summed E-state index contributed by atoms with van der Waals surface area (Å²) in [5.41, 5.74) is 0. The zero-order chi connectivity index (χ0) is 10.3. The number of nitrogens with one attached hydrogen (secondary N) is 1. The molecule has 0 spiro atoms. The second kappa shape index (κ2) is 5.68. The van der Waals surface area contributed by atoms with Crippen LogP contribution >= 0.6 is 11.3 Å². The van der Waals surface area contributed by atoms with Crippen LogP contribution in [-0.4, -0.2) is 22.9 Å². The van der Waals surface area contributed by atoms with Gasteiger partial charge < -0.3 is 5.32 Å². The van der Waals surface area contributed by atoms with Crippen LogP contribution in [0.1, 0.15) is 4.88 Å². The molecule has 0 aliphatic carbocycles. The van der Waals surface area contributed by atoms with Gasteiger partial charge in [-0.25, -0.2) is 0 Å². The molecule has 3 nitrogen and oxygen atoms in total. The first-order valence-corrected chi connectivity index (χ1v) is 6.03. The van der Waals surface area contributed by atoms with E-state index in [1.54, 1.807) is 0 Å². The van der Waals surface area contributed by atoms with Crippen molar-refractivity contribution in [3.8, 4) is 0 Å². The fourth-order valence-electron chi connectivity index (χ4n) is 1.42. The van der Waals surface area contributed by atoms with Crippen LogP contribution in [0.2, 0.25) is 0 Å². The molecule has 0 radical (unpaired) electrons. The van der Waals surface area contributed by atoms with Gasteiger partial charge in [0, 0.05) is 30.4 Å². The SMILES string of the molecule is c1csc(CCNCCn2cccn2)c1. The molecule has 2 aromatic heterocycles. The van der Waals surface area contributed by atoms with Gasteiger partial charge in [-0.05, 0) is 23.9 Å². The Kier molecular flexibility index (Phi) is 3.93. The molecular weight excluding hydrogens is 206 g/mol. The van der Waals surface area contributed by atoms with Crippen LogP contribution in [0.25, 0.3) is 0 Å². The molecule has 2 aromatic rings. The number of hydrogen-bond acceptors (Lipinski definition) is 3. The van der Waals surface area contributed by atoms with Crippen molar-refractivity contribution in [3.05, 3.63) is 40.8 Å².